The number of nitrogen functional groups attached to an aromatic ring is 1. The predicted octanol–water partition coefficient (Wildman–Crippen LogP) is 0.615. The first-order valence-electron chi connectivity index (χ1n) is 4.96. The Bertz CT molecular complexity index is 438. The van der Waals surface area contributed by atoms with Gasteiger partial charge >= 0.3 is 0 Å². The number of halogens is 1. The largest absolute Gasteiger partial charge is 0.396 e. The van der Waals surface area contributed by atoms with Crippen molar-refractivity contribution in [3.05, 3.63) is 29.6 Å². The second-order valence-corrected chi connectivity index (χ2v) is 4.36. The molecule has 1 fully saturated rings. The molecule has 0 radical (unpaired) electrons. The molecule has 0 aliphatic carbocycles. The highest BCUT2D eigenvalue weighted by atomic mass is 19.1. The first-order chi connectivity index (χ1) is 7.41. The molecule has 5 heteroatoms. The lowest BCUT2D eigenvalue weighted by Gasteiger charge is -2.44. The number of β-amino-alcohol motifs (C(OH)–C–C–N with tert-alkyl or cyclic N) is 1. The number of benzene rings is 1. The van der Waals surface area contributed by atoms with Crippen LogP contribution in [0.25, 0.3) is 0 Å². The number of amides is 1. The average molecular weight is 224 g/mol. The van der Waals surface area contributed by atoms with Crippen molar-refractivity contribution in [3.8, 4) is 0 Å². The van der Waals surface area contributed by atoms with Crippen LogP contribution in [0.5, 0.6) is 0 Å². The first-order valence-corrected chi connectivity index (χ1v) is 4.96. The molecular weight excluding hydrogens is 211 g/mol. The summed E-state index contributed by atoms with van der Waals surface area (Å²) >= 11 is 0. The monoisotopic (exact) mass is 224 g/mol. The van der Waals surface area contributed by atoms with Gasteiger partial charge in [-0.2, -0.15) is 0 Å². The van der Waals surface area contributed by atoms with Gasteiger partial charge in [-0.1, -0.05) is 6.07 Å². The normalized spacial score (nSPS) is 18.1. The molecule has 0 unspecified atom stereocenters. The number of carbonyl (C=O) groups excluding carboxylic acids is 1. The number of hydrogen-bond donors (Lipinski definition) is 2. The Balaban J connectivity index is 2.20. The molecule has 1 amide bonds. The van der Waals surface area contributed by atoms with Crippen LogP contribution in [0.2, 0.25) is 0 Å². The molecule has 1 aromatic carbocycles. The van der Waals surface area contributed by atoms with Gasteiger partial charge in [0.05, 0.1) is 29.9 Å². The Morgan fingerprint density at radius 2 is 2.19 bits per heavy atom. The number of nitrogens with zero attached hydrogens (tertiary/aromatic N) is 1. The highest BCUT2D eigenvalue weighted by Gasteiger charge is 2.40. The molecule has 0 aromatic heterocycles. The van der Waals surface area contributed by atoms with Gasteiger partial charge in [0.15, 0.2) is 0 Å². The van der Waals surface area contributed by atoms with Crippen LogP contribution in [0.1, 0.15) is 17.3 Å². The SMILES string of the molecule is CC1(O)CN(C(=O)c2cccc(F)c2N)C1. The van der Waals surface area contributed by atoms with E-state index in [0.717, 1.165) is 0 Å². The number of rotatable bonds is 1. The van der Waals surface area contributed by atoms with E-state index in [0.29, 0.717) is 0 Å². The molecule has 16 heavy (non-hydrogen) atoms. The summed E-state index contributed by atoms with van der Waals surface area (Å²) in [6, 6.07) is 4.13. The Morgan fingerprint density at radius 1 is 1.56 bits per heavy atom. The summed E-state index contributed by atoms with van der Waals surface area (Å²) in [4.78, 5) is 13.3. The van der Waals surface area contributed by atoms with Crippen LogP contribution in [-0.2, 0) is 0 Å². The Hall–Kier alpha value is -1.62. The van der Waals surface area contributed by atoms with Crippen LogP contribution in [0.15, 0.2) is 18.2 Å². The maximum absolute atomic E-state index is 13.1. The van der Waals surface area contributed by atoms with Crippen LogP contribution in [-0.4, -0.2) is 34.6 Å². The third-order valence-electron chi connectivity index (χ3n) is 2.63. The van der Waals surface area contributed by atoms with Gasteiger partial charge in [-0.25, -0.2) is 4.39 Å². The van der Waals surface area contributed by atoms with E-state index in [9.17, 15) is 14.3 Å². The van der Waals surface area contributed by atoms with Crippen molar-refractivity contribution in [1.82, 2.24) is 4.90 Å². The lowest BCUT2D eigenvalue weighted by Crippen LogP contribution is -2.61. The van der Waals surface area contributed by atoms with Gasteiger partial charge in [-0.05, 0) is 19.1 Å². The number of anilines is 1. The van der Waals surface area contributed by atoms with Crippen LogP contribution >= 0.6 is 0 Å². The Labute approximate surface area is 92.5 Å². The van der Waals surface area contributed by atoms with Crippen molar-refractivity contribution in [2.75, 3.05) is 18.8 Å². The van der Waals surface area contributed by atoms with E-state index in [1.165, 1.54) is 23.1 Å². The molecule has 4 nitrogen and oxygen atoms in total. The minimum atomic E-state index is -0.836. The summed E-state index contributed by atoms with van der Waals surface area (Å²) in [5.74, 6) is -0.943. The zero-order valence-corrected chi connectivity index (χ0v) is 8.90. The van der Waals surface area contributed by atoms with Crippen LogP contribution < -0.4 is 5.73 Å². The lowest BCUT2D eigenvalue weighted by molar-refractivity contribution is -0.0668. The van der Waals surface area contributed by atoms with Gasteiger partial charge in [0.2, 0.25) is 0 Å². The molecule has 0 spiro atoms. The van der Waals surface area contributed by atoms with Gasteiger partial charge < -0.3 is 15.7 Å². The third-order valence-corrected chi connectivity index (χ3v) is 2.63. The van der Waals surface area contributed by atoms with Crippen molar-refractivity contribution in [3.63, 3.8) is 0 Å². The summed E-state index contributed by atoms with van der Waals surface area (Å²) < 4.78 is 13.1. The minimum Gasteiger partial charge on any atom is -0.396 e. The molecule has 2 rings (SSSR count). The van der Waals surface area contributed by atoms with E-state index >= 15 is 0 Å². The summed E-state index contributed by atoms with van der Waals surface area (Å²) in [6.45, 7) is 2.15. The fourth-order valence-corrected chi connectivity index (χ4v) is 1.81. The average Bonchev–Trinajstić information content (AvgIpc) is 2.17. The molecule has 0 bridgehead atoms. The standard InChI is InChI=1S/C11H13FN2O2/c1-11(16)5-14(6-11)10(15)7-3-2-4-8(12)9(7)13/h2-4,16H,5-6,13H2,1H3. The summed E-state index contributed by atoms with van der Waals surface area (Å²) in [5, 5.41) is 9.50. The first kappa shape index (κ1) is 10.9. The van der Waals surface area contributed by atoms with E-state index in [1.54, 1.807) is 6.92 Å². The van der Waals surface area contributed by atoms with Gasteiger partial charge in [0, 0.05) is 0 Å². The van der Waals surface area contributed by atoms with E-state index in [2.05, 4.69) is 0 Å². The molecule has 0 atom stereocenters. The second-order valence-electron chi connectivity index (χ2n) is 4.36. The molecule has 1 aromatic rings. The quantitative estimate of drug-likeness (QED) is 0.687. The number of aliphatic hydroxyl groups is 1. The maximum atomic E-state index is 13.1. The number of hydrogen-bond acceptors (Lipinski definition) is 3. The Kier molecular flexibility index (Phi) is 2.35. The molecule has 1 saturated heterocycles. The maximum Gasteiger partial charge on any atom is 0.256 e. The fourth-order valence-electron chi connectivity index (χ4n) is 1.81. The summed E-state index contributed by atoms with van der Waals surface area (Å²) in [5.41, 5.74) is 4.66. The second kappa shape index (κ2) is 3.45. The highest BCUT2D eigenvalue weighted by Crippen LogP contribution is 2.25. The number of carbonyl (C=O) groups is 1. The van der Waals surface area contributed by atoms with Crippen LogP contribution in [0.3, 0.4) is 0 Å². The summed E-state index contributed by atoms with van der Waals surface area (Å²) in [7, 11) is 0. The molecule has 1 aliphatic rings. The molecule has 0 saturated carbocycles. The van der Waals surface area contributed by atoms with E-state index < -0.39 is 11.4 Å². The van der Waals surface area contributed by atoms with E-state index in [-0.39, 0.29) is 30.2 Å². The van der Waals surface area contributed by atoms with E-state index in [1.807, 2.05) is 0 Å². The smallest absolute Gasteiger partial charge is 0.256 e. The van der Waals surface area contributed by atoms with Crippen molar-refractivity contribution in [1.29, 1.82) is 0 Å². The third kappa shape index (κ3) is 1.74. The number of likely N-dealkylation sites (tertiary alicyclic amines) is 1. The van der Waals surface area contributed by atoms with Gasteiger partial charge in [0.1, 0.15) is 5.82 Å². The Morgan fingerprint density at radius 3 is 2.75 bits per heavy atom. The van der Waals surface area contributed by atoms with Gasteiger partial charge in [-0.3, -0.25) is 4.79 Å². The molecular formula is C11H13FN2O2. The fraction of sp³-hybridized carbons (Fsp3) is 0.364. The number of nitrogens with two attached hydrogens (primary N) is 1. The zero-order valence-electron chi connectivity index (χ0n) is 8.90. The van der Waals surface area contributed by atoms with Crippen molar-refractivity contribution < 1.29 is 14.3 Å². The van der Waals surface area contributed by atoms with E-state index in [4.69, 9.17) is 5.73 Å². The van der Waals surface area contributed by atoms with Crippen molar-refractivity contribution >= 4 is 11.6 Å². The molecule has 1 aliphatic heterocycles. The predicted molar refractivity (Wildman–Crippen MR) is 57.3 cm³/mol. The van der Waals surface area contributed by atoms with Crippen LogP contribution in [0, 0.1) is 5.82 Å². The van der Waals surface area contributed by atoms with Crippen molar-refractivity contribution in [2.45, 2.75) is 12.5 Å². The topological polar surface area (TPSA) is 66.6 Å². The van der Waals surface area contributed by atoms with Crippen LogP contribution in [0.4, 0.5) is 10.1 Å². The van der Waals surface area contributed by atoms with Gasteiger partial charge in [-0.15, -0.1) is 0 Å². The zero-order chi connectivity index (χ0) is 11.9. The molecule has 1 heterocycles. The van der Waals surface area contributed by atoms with Crippen molar-refractivity contribution in [2.24, 2.45) is 0 Å². The minimum absolute atomic E-state index is 0.140. The molecule has 86 valence electrons. The lowest BCUT2D eigenvalue weighted by atomic mass is 9.95. The highest BCUT2D eigenvalue weighted by molar-refractivity contribution is 5.99. The number of para-hydroxylation sites is 1. The van der Waals surface area contributed by atoms with Gasteiger partial charge in [0.25, 0.3) is 5.91 Å². The summed E-state index contributed by atoms with van der Waals surface area (Å²) in [6.07, 6.45) is 0. The molecule has 3 N–H and O–H groups in total.